The van der Waals surface area contributed by atoms with Crippen LogP contribution in [0, 0.1) is 6.92 Å². The van der Waals surface area contributed by atoms with Gasteiger partial charge in [-0.25, -0.2) is 9.78 Å². The summed E-state index contributed by atoms with van der Waals surface area (Å²) in [6.45, 7) is 5.74. The minimum Gasteiger partial charge on any atom is -0.463 e. The zero-order valence-electron chi connectivity index (χ0n) is 13.4. The van der Waals surface area contributed by atoms with E-state index < -0.39 is 11.6 Å². The standard InChI is InChI=1S/C16H19N3O3S/c1-4-5-13-17-11(9-23-13)8-19-14(20)16(3,18-15(19)21)12-7-6-10(2)22-12/h6-7,9H,4-5,8H2,1-3H3,(H,18,21)/t16-/m1/s1. The maximum Gasteiger partial charge on any atom is 0.325 e. The highest BCUT2D eigenvalue weighted by atomic mass is 32.1. The van der Waals surface area contributed by atoms with E-state index in [0.29, 0.717) is 11.5 Å². The molecule has 0 unspecified atom stereocenters. The topological polar surface area (TPSA) is 75.4 Å². The van der Waals surface area contributed by atoms with Crippen molar-refractivity contribution >= 4 is 23.3 Å². The van der Waals surface area contributed by atoms with Crippen LogP contribution in [0.1, 0.15) is 42.5 Å². The Morgan fingerprint density at radius 2 is 2.17 bits per heavy atom. The van der Waals surface area contributed by atoms with E-state index in [1.165, 1.54) is 4.90 Å². The maximum absolute atomic E-state index is 12.7. The van der Waals surface area contributed by atoms with E-state index in [4.69, 9.17) is 4.42 Å². The molecule has 0 bridgehead atoms. The van der Waals surface area contributed by atoms with Crippen LogP contribution in [0.15, 0.2) is 21.9 Å². The van der Waals surface area contributed by atoms with E-state index in [1.54, 1.807) is 37.3 Å². The first-order chi connectivity index (χ1) is 10.9. The zero-order valence-corrected chi connectivity index (χ0v) is 14.2. The molecule has 23 heavy (non-hydrogen) atoms. The summed E-state index contributed by atoms with van der Waals surface area (Å²) in [7, 11) is 0. The molecule has 1 saturated heterocycles. The van der Waals surface area contributed by atoms with Crippen molar-refractivity contribution in [2.45, 2.75) is 45.7 Å². The first-order valence-corrected chi connectivity index (χ1v) is 8.46. The molecule has 6 nitrogen and oxygen atoms in total. The number of nitrogens with one attached hydrogen (secondary N) is 1. The first kappa shape index (κ1) is 15.7. The summed E-state index contributed by atoms with van der Waals surface area (Å²) in [5.74, 6) is 0.827. The maximum atomic E-state index is 12.7. The molecule has 7 heteroatoms. The van der Waals surface area contributed by atoms with Gasteiger partial charge in [0.15, 0.2) is 5.54 Å². The largest absolute Gasteiger partial charge is 0.463 e. The molecule has 2 aromatic rings. The number of aryl methyl sites for hydroxylation is 2. The van der Waals surface area contributed by atoms with Crippen molar-refractivity contribution in [2.75, 3.05) is 0 Å². The Balaban J connectivity index is 1.81. The van der Waals surface area contributed by atoms with Crippen LogP contribution < -0.4 is 5.32 Å². The molecule has 122 valence electrons. The van der Waals surface area contributed by atoms with Crippen LogP contribution in [0.25, 0.3) is 0 Å². The highest BCUT2D eigenvalue weighted by molar-refractivity contribution is 7.09. The average molecular weight is 333 g/mol. The highest BCUT2D eigenvalue weighted by Crippen LogP contribution is 2.31. The van der Waals surface area contributed by atoms with Crippen molar-refractivity contribution < 1.29 is 14.0 Å². The Bertz CT molecular complexity index is 751. The zero-order chi connectivity index (χ0) is 16.6. The summed E-state index contributed by atoms with van der Waals surface area (Å²) in [6.07, 6.45) is 1.93. The number of nitrogens with zero attached hydrogens (tertiary/aromatic N) is 2. The van der Waals surface area contributed by atoms with Crippen molar-refractivity contribution in [3.8, 4) is 0 Å². The number of amides is 3. The smallest absolute Gasteiger partial charge is 0.325 e. The van der Waals surface area contributed by atoms with Crippen LogP contribution in [0.5, 0.6) is 0 Å². The Morgan fingerprint density at radius 1 is 1.39 bits per heavy atom. The van der Waals surface area contributed by atoms with Gasteiger partial charge < -0.3 is 9.73 Å². The van der Waals surface area contributed by atoms with Crippen molar-refractivity contribution in [1.29, 1.82) is 0 Å². The number of hydrogen-bond donors (Lipinski definition) is 1. The Morgan fingerprint density at radius 3 is 2.83 bits per heavy atom. The number of furan rings is 1. The van der Waals surface area contributed by atoms with Crippen LogP contribution >= 0.6 is 11.3 Å². The van der Waals surface area contributed by atoms with Crippen LogP contribution in [0.2, 0.25) is 0 Å². The van der Waals surface area contributed by atoms with Gasteiger partial charge in [0.05, 0.1) is 17.2 Å². The monoisotopic (exact) mass is 333 g/mol. The number of carbonyl (C=O) groups is 2. The predicted octanol–water partition coefficient (Wildman–Crippen LogP) is 2.96. The van der Waals surface area contributed by atoms with Gasteiger partial charge in [0, 0.05) is 5.38 Å². The molecule has 1 fully saturated rings. The average Bonchev–Trinajstić information content (AvgIpc) is 3.17. The molecule has 1 N–H and O–H groups in total. The van der Waals surface area contributed by atoms with Gasteiger partial charge in [0.2, 0.25) is 0 Å². The molecule has 0 aliphatic carbocycles. The van der Waals surface area contributed by atoms with Gasteiger partial charge >= 0.3 is 6.03 Å². The fourth-order valence-corrected chi connectivity index (χ4v) is 3.51. The lowest BCUT2D eigenvalue weighted by molar-refractivity contribution is -0.132. The molecule has 3 heterocycles. The minimum atomic E-state index is -1.16. The molecule has 0 aromatic carbocycles. The summed E-state index contributed by atoms with van der Waals surface area (Å²) >= 11 is 1.56. The van der Waals surface area contributed by atoms with E-state index >= 15 is 0 Å². The van der Waals surface area contributed by atoms with Crippen molar-refractivity contribution in [3.63, 3.8) is 0 Å². The second kappa shape index (κ2) is 5.81. The SMILES string of the molecule is CCCc1nc(CN2C(=O)N[C@](C)(c3ccc(C)o3)C2=O)cs1. The molecule has 0 radical (unpaired) electrons. The van der Waals surface area contributed by atoms with E-state index in [0.717, 1.165) is 23.5 Å². The van der Waals surface area contributed by atoms with E-state index in [2.05, 4.69) is 17.2 Å². The predicted molar refractivity (Wildman–Crippen MR) is 86.0 cm³/mol. The number of carbonyl (C=O) groups excluding carboxylic acids is 2. The molecular weight excluding hydrogens is 314 g/mol. The Labute approximate surface area is 138 Å². The number of thiazole rings is 1. The molecule has 3 rings (SSSR count). The lowest BCUT2D eigenvalue weighted by atomic mass is 9.99. The Kier molecular flexibility index (Phi) is 3.97. The van der Waals surface area contributed by atoms with Crippen LogP contribution in [0.3, 0.4) is 0 Å². The summed E-state index contributed by atoms with van der Waals surface area (Å²) in [4.78, 5) is 30.7. The molecule has 1 atom stereocenters. The quantitative estimate of drug-likeness (QED) is 0.854. The number of imide groups is 1. The summed E-state index contributed by atoms with van der Waals surface area (Å²) in [6, 6.07) is 3.08. The van der Waals surface area contributed by atoms with Gasteiger partial charge in [-0.2, -0.15) is 0 Å². The number of aromatic nitrogens is 1. The van der Waals surface area contributed by atoms with Gasteiger partial charge in [-0.3, -0.25) is 9.69 Å². The molecule has 1 aliphatic rings. The Hall–Kier alpha value is -2.15. The van der Waals surface area contributed by atoms with Crippen molar-refractivity contribution in [1.82, 2.24) is 15.2 Å². The van der Waals surface area contributed by atoms with Crippen molar-refractivity contribution in [3.05, 3.63) is 39.7 Å². The van der Waals surface area contributed by atoms with Gasteiger partial charge in [0.1, 0.15) is 11.5 Å². The fourth-order valence-electron chi connectivity index (χ4n) is 2.62. The molecule has 0 saturated carbocycles. The normalized spacial score (nSPS) is 21.1. The summed E-state index contributed by atoms with van der Waals surface area (Å²) in [5, 5.41) is 5.66. The second-order valence-corrected chi connectivity index (χ2v) is 6.78. The van der Waals surface area contributed by atoms with Crippen LogP contribution in [-0.2, 0) is 23.3 Å². The third-order valence-corrected chi connectivity index (χ3v) is 4.85. The second-order valence-electron chi connectivity index (χ2n) is 5.84. The lowest BCUT2D eigenvalue weighted by Crippen LogP contribution is -2.40. The first-order valence-electron chi connectivity index (χ1n) is 7.58. The summed E-state index contributed by atoms with van der Waals surface area (Å²) < 4.78 is 5.55. The lowest BCUT2D eigenvalue weighted by Gasteiger charge is -2.18. The van der Waals surface area contributed by atoms with Gasteiger partial charge in [-0.1, -0.05) is 6.92 Å². The number of urea groups is 1. The molecule has 0 spiro atoms. The van der Waals surface area contributed by atoms with Gasteiger partial charge in [-0.15, -0.1) is 11.3 Å². The van der Waals surface area contributed by atoms with Crippen molar-refractivity contribution in [2.24, 2.45) is 0 Å². The van der Waals surface area contributed by atoms with Crippen LogP contribution in [-0.4, -0.2) is 21.8 Å². The van der Waals surface area contributed by atoms with Gasteiger partial charge in [-0.05, 0) is 38.8 Å². The van der Waals surface area contributed by atoms with E-state index in [9.17, 15) is 9.59 Å². The molecule has 1 aliphatic heterocycles. The third-order valence-electron chi connectivity index (χ3n) is 3.89. The molecule has 3 amide bonds. The number of hydrogen-bond acceptors (Lipinski definition) is 5. The highest BCUT2D eigenvalue weighted by Gasteiger charge is 2.51. The van der Waals surface area contributed by atoms with Crippen LogP contribution in [0.4, 0.5) is 4.79 Å². The molecular formula is C16H19N3O3S. The third kappa shape index (κ3) is 2.76. The van der Waals surface area contributed by atoms with E-state index in [1.807, 2.05) is 5.38 Å². The molecule has 2 aromatic heterocycles. The van der Waals surface area contributed by atoms with Gasteiger partial charge in [0.25, 0.3) is 5.91 Å². The van der Waals surface area contributed by atoms with E-state index in [-0.39, 0.29) is 12.5 Å². The summed E-state index contributed by atoms with van der Waals surface area (Å²) in [5.41, 5.74) is -0.421. The fraction of sp³-hybridized carbons (Fsp3) is 0.438. The number of rotatable bonds is 5. The minimum absolute atomic E-state index is 0.181.